The van der Waals surface area contributed by atoms with Crippen molar-refractivity contribution in [2.24, 2.45) is 17.8 Å². The van der Waals surface area contributed by atoms with Crippen LogP contribution in [0.4, 0.5) is 0 Å². The summed E-state index contributed by atoms with van der Waals surface area (Å²) in [6.45, 7) is 0. The third-order valence-electron chi connectivity index (χ3n) is 3.67. The normalized spacial score (nSPS) is 32.9. The summed E-state index contributed by atoms with van der Waals surface area (Å²) in [5.41, 5.74) is 1.32. The van der Waals surface area contributed by atoms with Crippen molar-refractivity contribution in [1.29, 1.82) is 0 Å². The lowest BCUT2D eigenvalue weighted by Crippen LogP contribution is -2.02. The lowest BCUT2D eigenvalue weighted by atomic mass is 9.93. The predicted molar refractivity (Wildman–Crippen MR) is 64.3 cm³/mol. The molecule has 0 N–H and O–H groups in total. The van der Waals surface area contributed by atoms with Crippen LogP contribution in [0.3, 0.4) is 0 Å². The van der Waals surface area contributed by atoms with E-state index in [4.69, 9.17) is 0 Å². The van der Waals surface area contributed by atoms with Crippen molar-refractivity contribution in [3.05, 3.63) is 54.1 Å². The zero-order chi connectivity index (χ0) is 10.1. The number of fused-ring (bicyclic) bond motifs is 2. The summed E-state index contributed by atoms with van der Waals surface area (Å²) in [5.74, 6) is 2.50. The van der Waals surface area contributed by atoms with Crippen LogP contribution in [0.15, 0.2) is 48.6 Å². The van der Waals surface area contributed by atoms with Gasteiger partial charge in [-0.2, -0.15) is 0 Å². The minimum absolute atomic E-state index is 0.792. The summed E-state index contributed by atoms with van der Waals surface area (Å²) in [6.07, 6.45) is 12.3. The first-order valence-electron chi connectivity index (χ1n) is 5.83. The van der Waals surface area contributed by atoms with E-state index in [0.717, 1.165) is 17.8 Å². The van der Waals surface area contributed by atoms with Crippen molar-refractivity contribution in [3.8, 4) is 0 Å². The highest BCUT2D eigenvalue weighted by atomic mass is 14.4. The third kappa shape index (κ3) is 1.77. The fraction of sp³-hybridized carbons (Fsp3) is 0.333. The average molecular weight is 196 g/mol. The monoisotopic (exact) mass is 196 g/mol. The lowest BCUT2D eigenvalue weighted by molar-refractivity contribution is 0.552. The van der Waals surface area contributed by atoms with Gasteiger partial charge in [-0.05, 0) is 36.2 Å². The van der Waals surface area contributed by atoms with Crippen molar-refractivity contribution in [2.45, 2.75) is 12.8 Å². The molecule has 0 aromatic heterocycles. The van der Waals surface area contributed by atoms with E-state index in [1.165, 1.54) is 18.4 Å². The smallest absolute Gasteiger partial charge is 0.0161 e. The minimum Gasteiger partial charge on any atom is -0.0851 e. The quantitative estimate of drug-likeness (QED) is 0.629. The molecule has 0 aliphatic heterocycles. The Morgan fingerprint density at radius 3 is 2.53 bits per heavy atom. The first-order valence-corrected chi connectivity index (χ1v) is 5.83. The number of allylic oxidation sites excluding steroid dienone is 3. The Morgan fingerprint density at radius 1 is 1.00 bits per heavy atom. The Hall–Kier alpha value is -1.30. The molecule has 1 aromatic rings. The standard InChI is InChI=1S/C15H16/c1-2-4-12(5-3-1)6-8-14-10-13-7-9-15(14)11-13/h1-9,13-15H,10-11H2/b8-6+/t13-,14-,15-/m0/s1. The number of hydrogen-bond acceptors (Lipinski definition) is 0. The van der Waals surface area contributed by atoms with Gasteiger partial charge in [0.2, 0.25) is 0 Å². The van der Waals surface area contributed by atoms with Crippen LogP contribution in [-0.2, 0) is 0 Å². The highest BCUT2D eigenvalue weighted by Crippen LogP contribution is 2.44. The molecule has 3 atom stereocenters. The van der Waals surface area contributed by atoms with Gasteiger partial charge >= 0.3 is 0 Å². The molecule has 0 saturated heterocycles. The van der Waals surface area contributed by atoms with Gasteiger partial charge in [-0.3, -0.25) is 0 Å². The molecule has 0 heteroatoms. The summed E-state index contributed by atoms with van der Waals surface area (Å²) in [4.78, 5) is 0. The Kier molecular flexibility index (Phi) is 2.21. The number of rotatable bonds is 2. The van der Waals surface area contributed by atoms with E-state index in [9.17, 15) is 0 Å². The summed E-state index contributed by atoms with van der Waals surface area (Å²) in [7, 11) is 0. The highest BCUT2D eigenvalue weighted by molar-refractivity contribution is 5.49. The fourth-order valence-corrected chi connectivity index (χ4v) is 2.84. The van der Waals surface area contributed by atoms with Crippen molar-refractivity contribution < 1.29 is 0 Å². The second-order valence-corrected chi connectivity index (χ2v) is 4.71. The largest absolute Gasteiger partial charge is 0.0851 e. The molecule has 1 aromatic carbocycles. The molecule has 1 saturated carbocycles. The van der Waals surface area contributed by atoms with Gasteiger partial charge in [0.05, 0.1) is 0 Å². The van der Waals surface area contributed by atoms with E-state index in [2.05, 4.69) is 54.6 Å². The SMILES string of the molecule is C1=C[C@H]2C[C@@H]1C[C@@H]2/C=C/c1ccccc1. The van der Waals surface area contributed by atoms with Gasteiger partial charge in [0, 0.05) is 0 Å². The zero-order valence-corrected chi connectivity index (χ0v) is 8.84. The number of benzene rings is 1. The van der Waals surface area contributed by atoms with Gasteiger partial charge in [-0.1, -0.05) is 54.6 Å². The van der Waals surface area contributed by atoms with E-state index >= 15 is 0 Å². The fourth-order valence-electron chi connectivity index (χ4n) is 2.84. The van der Waals surface area contributed by atoms with Crippen molar-refractivity contribution >= 4 is 6.08 Å². The first kappa shape index (κ1) is 8.96. The molecule has 0 nitrogen and oxygen atoms in total. The van der Waals surface area contributed by atoms with E-state index in [1.807, 2.05) is 0 Å². The second kappa shape index (κ2) is 3.69. The Bertz CT molecular complexity index is 386. The molecule has 0 radical (unpaired) electrons. The van der Waals surface area contributed by atoms with Crippen molar-refractivity contribution in [2.75, 3.05) is 0 Å². The maximum atomic E-state index is 2.41. The molecule has 0 spiro atoms. The van der Waals surface area contributed by atoms with E-state index < -0.39 is 0 Å². The van der Waals surface area contributed by atoms with Crippen LogP contribution in [0.25, 0.3) is 6.08 Å². The molecule has 0 amide bonds. The molecule has 0 unspecified atom stereocenters. The molecule has 1 fully saturated rings. The van der Waals surface area contributed by atoms with E-state index in [0.29, 0.717) is 0 Å². The summed E-state index contributed by atoms with van der Waals surface area (Å²) >= 11 is 0. The molecule has 3 rings (SSSR count). The maximum absolute atomic E-state index is 2.41. The second-order valence-electron chi connectivity index (χ2n) is 4.71. The van der Waals surface area contributed by atoms with Gasteiger partial charge < -0.3 is 0 Å². The van der Waals surface area contributed by atoms with E-state index in [1.54, 1.807) is 0 Å². The molecular formula is C15H16. The first-order chi connectivity index (χ1) is 7.42. The van der Waals surface area contributed by atoms with Crippen LogP contribution in [0.1, 0.15) is 18.4 Å². The molecule has 2 bridgehead atoms. The van der Waals surface area contributed by atoms with E-state index in [-0.39, 0.29) is 0 Å². The van der Waals surface area contributed by atoms with Crippen LogP contribution in [-0.4, -0.2) is 0 Å². The molecule has 0 heterocycles. The molecular weight excluding hydrogens is 180 g/mol. The van der Waals surface area contributed by atoms with Gasteiger partial charge in [0.15, 0.2) is 0 Å². The Morgan fingerprint density at radius 2 is 1.87 bits per heavy atom. The summed E-state index contributed by atoms with van der Waals surface area (Å²) in [5, 5.41) is 0. The molecule has 2 aliphatic rings. The van der Waals surface area contributed by atoms with Gasteiger partial charge in [-0.25, -0.2) is 0 Å². The average Bonchev–Trinajstić information content (AvgIpc) is 2.89. The molecule has 15 heavy (non-hydrogen) atoms. The maximum Gasteiger partial charge on any atom is -0.0161 e. The lowest BCUT2D eigenvalue weighted by Gasteiger charge is -2.12. The van der Waals surface area contributed by atoms with Crippen LogP contribution >= 0.6 is 0 Å². The predicted octanol–water partition coefficient (Wildman–Crippen LogP) is 3.91. The molecule has 76 valence electrons. The van der Waals surface area contributed by atoms with Gasteiger partial charge in [-0.15, -0.1) is 0 Å². The highest BCUT2D eigenvalue weighted by Gasteiger charge is 2.33. The third-order valence-corrected chi connectivity index (χ3v) is 3.67. The van der Waals surface area contributed by atoms with Gasteiger partial charge in [0.1, 0.15) is 0 Å². The summed E-state index contributed by atoms with van der Waals surface area (Å²) < 4.78 is 0. The minimum atomic E-state index is 0.792. The van der Waals surface area contributed by atoms with Crippen LogP contribution in [0.5, 0.6) is 0 Å². The molecule has 2 aliphatic carbocycles. The Labute approximate surface area is 91.3 Å². The van der Waals surface area contributed by atoms with Crippen molar-refractivity contribution in [3.63, 3.8) is 0 Å². The summed E-state index contributed by atoms with van der Waals surface area (Å²) in [6, 6.07) is 10.6. The van der Waals surface area contributed by atoms with Crippen LogP contribution in [0.2, 0.25) is 0 Å². The van der Waals surface area contributed by atoms with Crippen LogP contribution < -0.4 is 0 Å². The Balaban J connectivity index is 1.71. The zero-order valence-electron chi connectivity index (χ0n) is 8.84. The number of hydrogen-bond donors (Lipinski definition) is 0. The van der Waals surface area contributed by atoms with Gasteiger partial charge in [0.25, 0.3) is 0 Å². The topological polar surface area (TPSA) is 0 Å². The van der Waals surface area contributed by atoms with Crippen LogP contribution in [0, 0.1) is 17.8 Å². The van der Waals surface area contributed by atoms with Crippen molar-refractivity contribution in [1.82, 2.24) is 0 Å².